The summed E-state index contributed by atoms with van der Waals surface area (Å²) >= 11 is 5.74. The molecule has 3 aromatic rings. The van der Waals surface area contributed by atoms with Gasteiger partial charge in [0.2, 0.25) is 5.88 Å². The van der Waals surface area contributed by atoms with Crippen LogP contribution >= 0.6 is 11.6 Å². The van der Waals surface area contributed by atoms with Gasteiger partial charge < -0.3 is 4.74 Å². The van der Waals surface area contributed by atoms with Crippen LogP contribution in [0, 0.1) is 5.82 Å². The number of carbonyl (C=O) groups excluding carboxylic acids is 1. The van der Waals surface area contributed by atoms with Gasteiger partial charge in [-0.2, -0.15) is 13.2 Å². The molecule has 0 atom stereocenters. The highest BCUT2D eigenvalue weighted by molar-refractivity contribution is 6.30. The van der Waals surface area contributed by atoms with Crippen molar-refractivity contribution in [2.75, 3.05) is 6.61 Å². The van der Waals surface area contributed by atoms with Crippen LogP contribution in [0.25, 0.3) is 11.1 Å². The summed E-state index contributed by atoms with van der Waals surface area (Å²) < 4.78 is 56.8. The van der Waals surface area contributed by atoms with Gasteiger partial charge in [-0.1, -0.05) is 11.6 Å². The largest absolute Gasteiger partial charge is 0.468 e. The zero-order valence-corrected chi connectivity index (χ0v) is 15.3. The quantitative estimate of drug-likeness (QED) is 0.423. The molecule has 29 heavy (non-hydrogen) atoms. The first-order valence-corrected chi connectivity index (χ1v) is 8.53. The highest BCUT2D eigenvalue weighted by atomic mass is 35.5. The van der Waals surface area contributed by atoms with E-state index in [0.717, 1.165) is 6.07 Å². The molecule has 0 aliphatic carbocycles. The maximum atomic E-state index is 14.4. The van der Waals surface area contributed by atoms with Crippen molar-refractivity contribution >= 4 is 17.4 Å². The van der Waals surface area contributed by atoms with Gasteiger partial charge >= 0.3 is 6.18 Å². The Hall–Kier alpha value is -3.07. The Bertz CT molecular complexity index is 1030. The fraction of sp³-hybridized carbons (Fsp3) is 0.158. The van der Waals surface area contributed by atoms with E-state index in [4.69, 9.17) is 16.3 Å². The van der Waals surface area contributed by atoms with E-state index in [9.17, 15) is 22.4 Å². The van der Waals surface area contributed by atoms with Crippen molar-refractivity contribution in [1.82, 2.24) is 15.0 Å². The molecule has 2 heterocycles. The van der Waals surface area contributed by atoms with Crippen molar-refractivity contribution in [2.45, 2.75) is 12.6 Å². The van der Waals surface area contributed by atoms with E-state index < -0.39 is 24.5 Å². The van der Waals surface area contributed by atoms with Gasteiger partial charge in [-0.05, 0) is 29.8 Å². The summed E-state index contributed by atoms with van der Waals surface area (Å²) in [5.41, 5.74) is 0.515. The third kappa shape index (κ3) is 5.47. The molecule has 0 spiro atoms. The van der Waals surface area contributed by atoms with Gasteiger partial charge in [0.05, 0.1) is 5.56 Å². The summed E-state index contributed by atoms with van der Waals surface area (Å²) in [6.45, 7) is -1.60. The Morgan fingerprint density at radius 3 is 2.45 bits per heavy atom. The maximum Gasteiger partial charge on any atom is 0.422 e. The van der Waals surface area contributed by atoms with Gasteiger partial charge in [-0.3, -0.25) is 4.79 Å². The highest BCUT2D eigenvalue weighted by Crippen LogP contribution is 2.33. The number of pyridine rings is 1. The second-order valence-corrected chi connectivity index (χ2v) is 6.39. The van der Waals surface area contributed by atoms with Crippen LogP contribution in [0.5, 0.6) is 5.88 Å². The predicted octanol–water partition coefficient (Wildman–Crippen LogP) is 4.70. The van der Waals surface area contributed by atoms with Crippen LogP contribution < -0.4 is 4.74 Å². The molecule has 0 unspecified atom stereocenters. The van der Waals surface area contributed by atoms with Gasteiger partial charge in [0.1, 0.15) is 12.1 Å². The topological polar surface area (TPSA) is 65.0 Å². The molecule has 0 aliphatic rings. The lowest BCUT2D eigenvalue weighted by atomic mass is 10.0. The van der Waals surface area contributed by atoms with Crippen molar-refractivity contribution in [3.8, 4) is 17.0 Å². The van der Waals surface area contributed by atoms with Crippen LogP contribution in [0.4, 0.5) is 17.6 Å². The van der Waals surface area contributed by atoms with E-state index in [0.29, 0.717) is 5.56 Å². The average Bonchev–Trinajstić information content (AvgIpc) is 2.67. The zero-order valence-electron chi connectivity index (χ0n) is 14.6. The third-order valence-electron chi connectivity index (χ3n) is 3.75. The molecule has 0 bridgehead atoms. The zero-order chi connectivity index (χ0) is 21.0. The standard InChI is InChI=1S/C19H12ClF4N3O2/c20-13-1-2-14(16(21)5-13)15-3-11(4-17(28)12-7-25-10-26-8-12)6-27-18(15)29-9-19(22,23)24/h1-3,5-8,10H,4,9H2. The molecular weight excluding hydrogens is 414 g/mol. The minimum atomic E-state index is -4.60. The molecule has 0 N–H and O–H groups in total. The lowest BCUT2D eigenvalue weighted by molar-refractivity contribution is -0.154. The summed E-state index contributed by atoms with van der Waals surface area (Å²) in [5.74, 6) is -1.52. The number of hydrogen-bond donors (Lipinski definition) is 0. The molecule has 0 saturated carbocycles. The fourth-order valence-corrected chi connectivity index (χ4v) is 2.65. The smallest absolute Gasteiger partial charge is 0.422 e. The molecule has 0 radical (unpaired) electrons. The first-order chi connectivity index (χ1) is 13.7. The van der Waals surface area contributed by atoms with E-state index >= 15 is 0 Å². The van der Waals surface area contributed by atoms with E-state index in [-0.39, 0.29) is 33.9 Å². The minimum Gasteiger partial charge on any atom is -0.468 e. The number of ketones is 1. The number of benzene rings is 1. The highest BCUT2D eigenvalue weighted by Gasteiger charge is 2.29. The second-order valence-electron chi connectivity index (χ2n) is 5.95. The van der Waals surface area contributed by atoms with Crippen LogP contribution in [0.15, 0.2) is 49.2 Å². The number of halogens is 5. The van der Waals surface area contributed by atoms with Crippen LogP contribution in [-0.2, 0) is 6.42 Å². The monoisotopic (exact) mass is 425 g/mol. The fourth-order valence-electron chi connectivity index (χ4n) is 2.49. The normalized spacial score (nSPS) is 11.3. The first kappa shape index (κ1) is 20.7. The van der Waals surface area contributed by atoms with Gasteiger partial charge in [0.25, 0.3) is 0 Å². The van der Waals surface area contributed by atoms with Crippen molar-refractivity contribution in [1.29, 1.82) is 0 Å². The molecule has 3 rings (SSSR count). The molecule has 1 aromatic carbocycles. The lowest BCUT2D eigenvalue weighted by Gasteiger charge is -2.14. The molecule has 150 valence electrons. The Morgan fingerprint density at radius 1 is 1.07 bits per heavy atom. The van der Waals surface area contributed by atoms with Crippen LogP contribution in [0.3, 0.4) is 0 Å². The van der Waals surface area contributed by atoms with E-state index in [2.05, 4.69) is 15.0 Å². The summed E-state index contributed by atoms with van der Waals surface area (Å²) in [6, 6.07) is 5.05. The van der Waals surface area contributed by atoms with E-state index in [1.54, 1.807) is 0 Å². The Kier molecular flexibility index (Phi) is 6.07. The summed E-state index contributed by atoms with van der Waals surface area (Å²) in [5, 5.41) is 0.118. The molecule has 5 nitrogen and oxygen atoms in total. The molecule has 0 aliphatic heterocycles. The molecule has 2 aromatic heterocycles. The molecule has 0 amide bonds. The lowest BCUT2D eigenvalue weighted by Crippen LogP contribution is -2.20. The van der Waals surface area contributed by atoms with Crippen LogP contribution in [0.1, 0.15) is 15.9 Å². The Morgan fingerprint density at radius 2 is 1.79 bits per heavy atom. The predicted molar refractivity (Wildman–Crippen MR) is 96.3 cm³/mol. The molecular formula is C19H12ClF4N3O2. The number of Topliss-reactive ketones (excluding diaryl/α,β-unsaturated/α-hetero) is 1. The number of rotatable bonds is 6. The van der Waals surface area contributed by atoms with Gasteiger partial charge in [0, 0.05) is 41.2 Å². The number of aromatic nitrogens is 3. The molecule has 0 saturated heterocycles. The van der Waals surface area contributed by atoms with Crippen molar-refractivity contribution in [3.05, 3.63) is 71.2 Å². The number of hydrogen-bond acceptors (Lipinski definition) is 5. The average molecular weight is 426 g/mol. The van der Waals surface area contributed by atoms with E-state index in [1.165, 1.54) is 43.1 Å². The van der Waals surface area contributed by atoms with E-state index in [1.807, 2.05) is 0 Å². The molecule has 0 fully saturated rings. The summed E-state index contributed by atoms with van der Waals surface area (Å²) in [6.07, 6.45) is 0.408. The third-order valence-corrected chi connectivity index (χ3v) is 3.98. The summed E-state index contributed by atoms with van der Waals surface area (Å²) in [7, 11) is 0. The van der Waals surface area contributed by atoms with Gasteiger partial charge in [0.15, 0.2) is 12.4 Å². The number of nitrogens with zero attached hydrogens (tertiary/aromatic N) is 3. The van der Waals surface area contributed by atoms with Crippen molar-refractivity contribution in [3.63, 3.8) is 0 Å². The van der Waals surface area contributed by atoms with Gasteiger partial charge in [-0.15, -0.1) is 0 Å². The first-order valence-electron chi connectivity index (χ1n) is 8.15. The number of carbonyl (C=O) groups is 1. The second kappa shape index (κ2) is 8.52. The summed E-state index contributed by atoms with van der Waals surface area (Å²) in [4.78, 5) is 23.7. The Labute approximate surface area is 167 Å². The van der Waals surface area contributed by atoms with Gasteiger partial charge in [-0.25, -0.2) is 19.3 Å². The Balaban J connectivity index is 1.97. The SMILES string of the molecule is O=C(Cc1cnc(OCC(F)(F)F)c(-c2ccc(Cl)cc2F)c1)c1cncnc1. The van der Waals surface area contributed by atoms with Crippen LogP contribution in [-0.4, -0.2) is 33.5 Å². The minimum absolute atomic E-state index is 0.0296. The van der Waals surface area contributed by atoms with Crippen molar-refractivity contribution in [2.24, 2.45) is 0 Å². The number of ether oxygens (including phenoxy) is 1. The number of alkyl halides is 3. The van der Waals surface area contributed by atoms with Crippen molar-refractivity contribution < 1.29 is 27.1 Å². The maximum absolute atomic E-state index is 14.4. The van der Waals surface area contributed by atoms with Crippen LogP contribution in [0.2, 0.25) is 5.02 Å². The molecule has 10 heteroatoms.